The third-order valence-corrected chi connectivity index (χ3v) is 4.70. The van der Waals surface area contributed by atoms with E-state index in [1.165, 1.54) is 25.3 Å². The van der Waals surface area contributed by atoms with Crippen molar-refractivity contribution < 1.29 is 14.6 Å². The zero-order chi connectivity index (χ0) is 21.3. The first-order valence-corrected chi connectivity index (χ1v) is 9.04. The summed E-state index contributed by atoms with van der Waals surface area (Å²) in [7, 11) is 1.18. The van der Waals surface area contributed by atoms with Crippen molar-refractivity contribution in [3.8, 4) is 16.9 Å². The highest BCUT2D eigenvalue weighted by atomic mass is 16.8. The molecule has 0 saturated carbocycles. The Kier molecular flexibility index (Phi) is 4.81. The normalized spacial score (nSPS) is 10.7. The lowest BCUT2D eigenvalue weighted by Gasteiger charge is -2.11. The van der Waals surface area contributed by atoms with Gasteiger partial charge in [0.25, 0.3) is 10.5 Å². The zero-order valence-electron chi connectivity index (χ0n) is 16.0. The number of hydrogen-bond donors (Lipinski definition) is 1. The van der Waals surface area contributed by atoms with E-state index in [4.69, 9.17) is 10.6 Å². The number of nitrogens with two attached hydrogens (primary N) is 1. The van der Waals surface area contributed by atoms with Crippen LogP contribution in [0.25, 0.3) is 27.7 Å². The van der Waals surface area contributed by atoms with Gasteiger partial charge in [0.2, 0.25) is 5.91 Å². The maximum absolute atomic E-state index is 13.2. The van der Waals surface area contributed by atoms with Gasteiger partial charge in [-0.15, -0.1) is 0 Å². The molecule has 2 N–H and O–H groups in total. The molecule has 0 radical (unpaired) electrons. The fourth-order valence-corrected chi connectivity index (χ4v) is 3.26. The van der Waals surface area contributed by atoms with Crippen LogP contribution in [0.2, 0.25) is 0 Å². The number of carbonyl (C=O) groups excluding carboxylic acids is 1. The van der Waals surface area contributed by atoms with Crippen LogP contribution in [0.5, 0.6) is 0 Å². The third-order valence-electron chi connectivity index (χ3n) is 4.70. The van der Waals surface area contributed by atoms with Crippen LogP contribution in [-0.2, 0) is 4.84 Å². The van der Waals surface area contributed by atoms with Crippen molar-refractivity contribution in [2.24, 2.45) is 5.73 Å². The van der Waals surface area contributed by atoms with E-state index < -0.39 is 11.5 Å². The molecule has 0 aliphatic heterocycles. The molecular weight excluding hydrogens is 384 g/mol. The van der Waals surface area contributed by atoms with E-state index in [9.17, 15) is 14.5 Å². The van der Waals surface area contributed by atoms with Gasteiger partial charge in [-0.1, -0.05) is 48.5 Å². The van der Waals surface area contributed by atoms with E-state index >= 15 is 0 Å². The van der Waals surface area contributed by atoms with Crippen molar-refractivity contribution in [1.82, 2.24) is 9.78 Å². The number of primary amides is 1. The van der Waals surface area contributed by atoms with Gasteiger partial charge >= 0.3 is 5.69 Å². The molecular formula is C22H17N4O4+. The number of aromatic nitrogens is 2. The minimum Gasteiger partial charge on any atom is -0.366 e. The minimum atomic E-state index is -0.712. The second-order valence-corrected chi connectivity index (χ2v) is 6.48. The number of fused-ring (bicyclic) bond motifs is 1. The summed E-state index contributed by atoms with van der Waals surface area (Å²) < 4.78 is 1.13. The van der Waals surface area contributed by atoms with E-state index in [0.717, 1.165) is 10.2 Å². The fraction of sp³-hybridized carbons (Fsp3) is 0.0455. The molecule has 3 aromatic carbocycles. The molecule has 0 bridgehead atoms. The van der Waals surface area contributed by atoms with Crippen molar-refractivity contribution in [3.05, 3.63) is 93.6 Å². The number of hydrogen-bond acceptors (Lipinski definition) is 5. The van der Waals surface area contributed by atoms with Gasteiger partial charge in [-0.25, -0.2) is 4.84 Å². The van der Waals surface area contributed by atoms with Crippen LogP contribution in [0.1, 0.15) is 10.4 Å². The zero-order valence-corrected chi connectivity index (χ0v) is 16.0. The van der Waals surface area contributed by atoms with Crippen LogP contribution >= 0.6 is 0 Å². The lowest BCUT2D eigenvalue weighted by molar-refractivity contribution is -0.736. The van der Waals surface area contributed by atoms with E-state index in [1.807, 2.05) is 42.5 Å². The quantitative estimate of drug-likeness (QED) is 0.517. The number of carbonyl (C=O) groups is 1. The Morgan fingerprint density at radius 2 is 1.67 bits per heavy atom. The van der Waals surface area contributed by atoms with Gasteiger partial charge in [-0.2, -0.15) is 9.78 Å². The Labute approximate surface area is 170 Å². The summed E-state index contributed by atoms with van der Waals surface area (Å²) in [5.74, 6) is -0.712. The molecule has 8 nitrogen and oxygen atoms in total. The Bertz CT molecular complexity index is 1350. The number of rotatable bonds is 5. The van der Waals surface area contributed by atoms with Gasteiger partial charge in [0, 0.05) is 22.6 Å². The summed E-state index contributed by atoms with van der Waals surface area (Å²) in [6.07, 6.45) is 0. The third kappa shape index (κ3) is 3.20. The van der Waals surface area contributed by atoms with E-state index in [1.54, 1.807) is 12.1 Å². The van der Waals surface area contributed by atoms with Gasteiger partial charge in [0.15, 0.2) is 12.8 Å². The predicted molar refractivity (Wildman–Crippen MR) is 112 cm³/mol. The van der Waals surface area contributed by atoms with Crippen LogP contribution in [0, 0.1) is 4.91 Å². The summed E-state index contributed by atoms with van der Waals surface area (Å²) in [5.41, 5.74) is 6.49. The highest BCUT2D eigenvalue weighted by molar-refractivity contribution is 5.95. The van der Waals surface area contributed by atoms with Crippen molar-refractivity contribution in [2.75, 3.05) is 7.11 Å². The molecule has 30 heavy (non-hydrogen) atoms. The molecule has 0 unspecified atom stereocenters. The van der Waals surface area contributed by atoms with Gasteiger partial charge < -0.3 is 5.73 Å². The van der Waals surface area contributed by atoms with Crippen molar-refractivity contribution in [2.45, 2.75) is 0 Å². The maximum Gasteiger partial charge on any atom is 0.343 e. The van der Waals surface area contributed by atoms with E-state index in [-0.39, 0.29) is 21.9 Å². The molecule has 0 fully saturated rings. The molecule has 0 saturated heterocycles. The Hall–Kier alpha value is -4.33. The van der Waals surface area contributed by atoms with Crippen LogP contribution in [0.3, 0.4) is 0 Å². The molecule has 0 atom stereocenters. The highest BCUT2D eigenvalue weighted by Gasteiger charge is 2.26. The monoisotopic (exact) mass is 401 g/mol. The number of nitrogens with zero attached hydrogens (tertiary/aromatic N) is 3. The molecule has 0 aliphatic carbocycles. The topological polar surface area (TPSA) is 107 Å². The SMILES string of the molecule is CO[N+](=O)c1cc(C(N)=O)ccc1-n1nc(-c2ccccc2)c2ccccc2c1=O. The summed E-state index contributed by atoms with van der Waals surface area (Å²) in [4.78, 5) is 42.1. The lowest BCUT2D eigenvalue weighted by atomic mass is 10.0. The van der Waals surface area contributed by atoms with E-state index in [2.05, 4.69) is 5.10 Å². The van der Waals surface area contributed by atoms with Crippen molar-refractivity contribution in [3.63, 3.8) is 0 Å². The molecule has 1 aromatic heterocycles. The molecule has 0 aliphatic rings. The average molecular weight is 401 g/mol. The minimum absolute atomic E-state index is 0.0716. The molecule has 148 valence electrons. The fourth-order valence-electron chi connectivity index (χ4n) is 3.26. The second kappa shape index (κ2) is 7.59. The van der Waals surface area contributed by atoms with Gasteiger partial charge in [-0.05, 0) is 18.2 Å². The van der Waals surface area contributed by atoms with E-state index in [0.29, 0.717) is 16.5 Å². The highest BCUT2D eigenvalue weighted by Crippen LogP contribution is 2.28. The number of benzene rings is 3. The molecule has 4 aromatic rings. The number of amides is 1. The predicted octanol–water partition coefficient (Wildman–Crippen LogP) is 3.12. The standard InChI is InChI=1S/C22H16N4O4/c1-30-26(29)19-13-15(21(23)27)11-12-18(19)25-22(28)17-10-6-5-9-16(17)20(24-25)14-7-3-2-4-8-14/h2-13H,1H3,(H-,23,27)/p+1. The first kappa shape index (κ1) is 19.0. The molecule has 0 spiro atoms. The summed E-state index contributed by atoms with van der Waals surface area (Å²) in [5, 5.41) is 5.68. The van der Waals surface area contributed by atoms with Crippen molar-refractivity contribution >= 4 is 22.4 Å². The maximum atomic E-state index is 13.2. The second-order valence-electron chi connectivity index (χ2n) is 6.48. The summed E-state index contributed by atoms with van der Waals surface area (Å²) in [6.45, 7) is 0. The van der Waals surface area contributed by atoms with Crippen LogP contribution < -0.4 is 11.3 Å². The first-order chi connectivity index (χ1) is 14.5. The molecule has 1 heterocycles. The van der Waals surface area contributed by atoms with Crippen LogP contribution in [0.15, 0.2) is 77.6 Å². The van der Waals surface area contributed by atoms with Gasteiger partial charge in [0.05, 0.1) is 16.0 Å². The summed E-state index contributed by atoms with van der Waals surface area (Å²) >= 11 is 0. The van der Waals surface area contributed by atoms with Crippen LogP contribution in [0.4, 0.5) is 5.69 Å². The first-order valence-electron chi connectivity index (χ1n) is 9.04. The van der Waals surface area contributed by atoms with Crippen molar-refractivity contribution in [1.29, 1.82) is 0 Å². The lowest BCUT2D eigenvalue weighted by Crippen LogP contribution is -2.24. The molecule has 8 heteroatoms. The summed E-state index contributed by atoms with van der Waals surface area (Å²) in [6, 6.07) is 20.6. The molecule has 4 rings (SSSR count). The van der Waals surface area contributed by atoms with Crippen LogP contribution in [-0.4, -0.2) is 27.7 Å². The Morgan fingerprint density at radius 1 is 1.00 bits per heavy atom. The largest absolute Gasteiger partial charge is 0.366 e. The Balaban J connectivity index is 2.08. The van der Waals surface area contributed by atoms with Gasteiger partial charge in [0.1, 0.15) is 0 Å². The van der Waals surface area contributed by atoms with Gasteiger partial charge in [-0.3, -0.25) is 9.59 Å². The smallest absolute Gasteiger partial charge is 0.343 e. The average Bonchev–Trinajstić information content (AvgIpc) is 2.79. The molecule has 1 amide bonds. The Morgan fingerprint density at radius 3 is 2.33 bits per heavy atom.